The molecule has 1 saturated carbocycles. The highest BCUT2D eigenvalue weighted by atomic mass is 16.5. The smallest absolute Gasteiger partial charge is 0.0589 e. The molecule has 126 valence electrons. The van der Waals surface area contributed by atoms with E-state index in [2.05, 4.69) is 37.9 Å². The van der Waals surface area contributed by atoms with Gasteiger partial charge in [-0.15, -0.1) is 0 Å². The van der Waals surface area contributed by atoms with E-state index < -0.39 is 0 Å². The molecule has 1 rings (SSSR count). The van der Waals surface area contributed by atoms with Gasteiger partial charge in [-0.1, -0.05) is 34.1 Å². The Balaban J connectivity index is 2.72. The summed E-state index contributed by atoms with van der Waals surface area (Å²) in [6.45, 7) is 13.5. The number of ether oxygens (including phenoxy) is 1. The van der Waals surface area contributed by atoms with Crippen LogP contribution in [-0.2, 0) is 4.74 Å². The third-order valence-electron chi connectivity index (χ3n) is 4.81. The Morgan fingerprint density at radius 1 is 1.24 bits per heavy atom. The zero-order chi connectivity index (χ0) is 15.7. The summed E-state index contributed by atoms with van der Waals surface area (Å²) in [5.74, 6) is 1.63. The van der Waals surface area contributed by atoms with E-state index in [0.29, 0.717) is 12.1 Å². The standard InChI is InChI=1S/C18H38N2O/c1-6-10-19-17-9-8-16(7-2)13-18(17)20(11-12-21-5)14-15(3)4/h15-19H,6-14H2,1-5H3. The van der Waals surface area contributed by atoms with Crippen LogP contribution in [-0.4, -0.2) is 50.3 Å². The fourth-order valence-corrected chi connectivity index (χ4v) is 3.64. The lowest BCUT2D eigenvalue weighted by molar-refractivity contribution is 0.0590. The van der Waals surface area contributed by atoms with Gasteiger partial charge in [0.05, 0.1) is 6.61 Å². The maximum atomic E-state index is 5.35. The van der Waals surface area contributed by atoms with Crippen molar-refractivity contribution in [3.63, 3.8) is 0 Å². The summed E-state index contributed by atoms with van der Waals surface area (Å²) in [6, 6.07) is 1.36. The van der Waals surface area contributed by atoms with Crippen molar-refractivity contribution in [1.82, 2.24) is 10.2 Å². The van der Waals surface area contributed by atoms with Gasteiger partial charge >= 0.3 is 0 Å². The lowest BCUT2D eigenvalue weighted by Crippen LogP contribution is -2.55. The van der Waals surface area contributed by atoms with E-state index in [4.69, 9.17) is 4.74 Å². The quantitative estimate of drug-likeness (QED) is 0.667. The minimum Gasteiger partial charge on any atom is -0.383 e. The van der Waals surface area contributed by atoms with Crippen LogP contribution in [0.25, 0.3) is 0 Å². The predicted octanol–water partition coefficient (Wildman–Crippen LogP) is 3.54. The number of hydrogen-bond acceptors (Lipinski definition) is 3. The van der Waals surface area contributed by atoms with E-state index in [9.17, 15) is 0 Å². The van der Waals surface area contributed by atoms with Crippen LogP contribution in [0.15, 0.2) is 0 Å². The third kappa shape index (κ3) is 6.66. The summed E-state index contributed by atoms with van der Waals surface area (Å²) in [5, 5.41) is 3.81. The van der Waals surface area contributed by atoms with Crippen molar-refractivity contribution in [2.75, 3.05) is 33.4 Å². The molecule has 0 aliphatic heterocycles. The molecule has 0 bridgehead atoms. The molecule has 0 saturated heterocycles. The van der Waals surface area contributed by atoms with Crippen LogP contribution in [0.2, 0.25) is 0 Å². The third-order valence-corrected chi connectivity index (χ3v) is 4.81. The highest BCUT2D eigenvalue weighted by Crippen LogP contribution is 2.30. The van der Waals surface area contributed by atoms with Crippen molar-refractivity contribution >= 4 is 0 Å². The molecular weight excluding hydrogens is 260 g/mol. The van der Waals surface area contributed by atoms with Crippen molar-refractivity contribution in [2.45, 2.75) is 71.9 Å². The van der Waals surface area contributed by atoms with Crippen molar-refractivity contribution in [2.24, 2.45) is 11.8 Å². The van der Waals surface area contributed by atoms with Gasteiger partial charge in [-0.3, -0.25) is 4.90 Å². The maximum absolute atomic E-state index is 5.35. The summed E-state index contributed by atoms with van der Waals surface area (Å²) in [7, 11) is 1.82. The SMILES string of the molecule is CCCNC1CCC(CC)CC1N(CCOC)CC(C)C. The summed E-state index contributed by atoms with van der Waals surface area (Å²) in [4.78, 5) is 2.70. The molecule has 1 fully saturated rings. The summed E-state index contributed by atoms with van der Waals surface area (Å²) in [6.07, 6.45) is 6.65. The largest absolute Gasteiger partial charge is 0.383 e. The number of rotatable bonds is 10. The molecule has 3 heteroatoms. The Labute approximate surface area is 132 Å². The average molecular weight is 299 g/mol. The van der Waals surface area contributed by atoms with Crippen LogP contribution in [0.4, 0.5) is 0 Å². The van der Waals surface area contributed by atoms with E-state index in [1.54, 1.807) is 0 Å². The van der Waals surface area contributed by atoms with Gasteiger partial charge in [0, 0.05) is 32.3 Å². The van der Waals surface area contributed by atoms with Crippen LogP contribution < -0.4 is 5.32 Å². The fraction of sp³-hybridized carbons (Fsp3) is 1.00. The molecule has 3 nitrogen and oxygen atoms in total. The predicted molar refractivity (Wildman–Crippen MR) is 91.8 cm³/mol. The summed E-state index contributed by atoms with van der Waals surface area (Å²) < 4.78 is 5.35. The van der Waals surface area contributed by atoms with Crippen molar-refractivity contribution in [3.05, 3.63) is 0 Å². The highest BCUT2D eigenvalue weighted by Gasteiger charge is 2.33. The van der Waals surface area contributed by atoms with Gasteiger partial charge in [0.25, 0.3) is 0 Å². The van der Waals surface area contributed by atoms with Crippen LogP contribution in [0.1, 0.15) is 59.8 Å². The molecule has 0 aromatic rings. The van der Waals surface area contributed by atoms with Gasteiger partial charge in [-0.25, -0.2) is 0 Å². The van der Waals surface area contributed by atoms with Gasteiger partial charge in [-0.2, -0.15) is 0 Å². The molecular formula is C18H38N2O. The van der Waals surface area contributed by atoms with Crippen LogP contribution in [0.5, 0.6) is 0 Å². The Morgan fingerprint density at radius 3 is 2.57 bits per heavy atom. The monoisotopic (exact) mass is 298 g/mol. The Hall–Kier alpha value is -0.120. The van der Waals surface area contributed by atoms with Crippen molar-refractivity contribution in [3.8, 4) is 0 Å². The van der Waals surface area contributed by atoms with Gasteiger partial charge in [-0.05, 0) is 44.1 Å². The minimum absolute atomic E-state index is 0.670. The minimum atomic E-state index is 0.670. The lowest BCUT2D eigenvalue weighted by atomic mass is 9.80. The molecule has 0 spiro atoms. The second kappa shape index (κ2) is 10.6. The number of nitrogens with one attached hydrogen (secondary N) is 1. The Bertz CT molecular complexity index is 258. The first-order valence-electron chi connectivity index (χ1n) is 9.08. The van der Waals surface area contributed by atoms with Gasteiger partial charge in [0.1, 0.15) is 0 Å². The zero-order valence-electron chi connectivity index (χ0n) is 15.0. The molecule has 0 amide bonds. The number of nitrogens with zero attached hydrogens (tertiary/aromatic N) is 1. The lowest BCUT2D eigenvalue weighted by Gasteiger charge is -2.44. The summed E-state index contributed by atoms with van der Waals surface area (Å²) >= 11 is 0. The molecule has 1 aliphatic rings. The summed E-state index contributed by atoms with van der Waals surface area (Å²) in [5.41, 5.74) is 0. The molecule has 1 aliphatic carbocycles. The first kappa shape index (κ1) is 18.9. The maximum Gasteiger partial charge on any atom is 0.0589 e. The molecule has 0 aromatic carbocycles. The van der Waals surface area contributed by atoms with E-state index >= 15 is 0 Å². The Morgan fingerprint density at radius 2 is 2.00 bits per heavy atom. The van der Waals surface area contributed by atoms with Gasteiger partial charge in [0.2, 0.25) is 0 Å². The second-order valence-electron chi connectivity index (χ2n) is 7.10. The second-order valence-corrected chi connectivity index (χ2v) is 7.10. The molecule has 1 N–H and O–H groups in total. The molecule has 3 atom stereocenters. The van der Waals surface area contributed by atoms with E-state index in [-0.39, 0.29) is 0 Å². The fourth-order valence-electron chi connectivity index (χ4n) is 3.64. The van der Waals surface area contributed by atoms with Crippen molar-refractivity contribution < 1.29 is 4.74 Å². The zero-order valence-corrected chi connectivity index (χ0v) is 15.0. The Kier molecular flexibility index (Phi) is 9.54. The molecule has 0 aromatic heterocycles. The average Bonchev–Trinajstić information content (AvgIpc) is 2.49. The van der Waals surface area contributed by atoms with Gasteiger partial charge < -0.3 is 10.1 Å². The van der Waals surface area contributed by atoms with E-state index in [0.717, 1.165) is 31.5 Å². The normalized spacial score (nSPS) is 26.7. The van der Waals surface area contributed by atoms with Gasteiger partial charge in [0.15, 0.2) is 0 Å². The van der Waals surface area contributed by atoms with Crippen molar-refractivity contribution in [1.29, 1.82) is 0 Å². The molecule has 3 unspecified atom stereocenters. The number of hydrogen-bond donors (Lipinski definition) is 1. The van der Waals surface area contributed by atoms with E-state index in [1.807, 2.05) is 7.11 Å². The molecule has 0 heterocycles. The topological polar surface area (TPSA) is 24.5 Å². The van der Waals surface area contributed by atoms with Crippen LogP contribution >= 0.6 is 0 Å². The highest BCUT2D eigenvalue weighted by molar-refractivity contribution is 4.91. The first-order valence-corrected chi connectivity index (χ1v) is 9.08. The molecule has 21 heavy (non-hydrogen) atoms. The van der Waals surface area contributed by atoms with Crippen LogP contribution in [0, 0.1) is 11.8 Å². The first-order chi connectivity index (χ1) is 10.1. The number of methoxy groups -OCH3 is 1. The molecule has 0 radical (unpaired) electrons. The van der Waals surface area contributed by atoms with Crippen LogP contribution in [0.3, 0.4) is 0 Å². The van der Waals surface area contributed by atoms with E-state index in [1.165, 1.54) is 38.6 Å².